The Morgan fingerprint density at radius 2 is 2.06 bits per heavy atom. The quantitative estimate of drug-likeness (QED) is 0.735. The molecule has 18 heavy (non-hydrogen) atoms. The van der Waals surface area contributed by atoms with E-state index in [1.54, 1.807) is 5.57 Å². The Kier molecular flexibility index (Phi) is 3.00. The van der Waals surface area contributed by atoms with Crippen LogP contribution < -0.4 is 0 Å². The monoisotopic (exact) mass is 257 g/mol. The lowest BCUT2D eigenvalue weighted by atomic mass is 9.99. The second-order valence-electron chi connectivity index (χ2n) is 5.34. The molecule has 1 aromatic carbocycles. The van der Waals surface area contributed by atoms with Gasteiger partial charge >= 0.3 is 0 Å². The van der Waals surface area contributed by atoms with Crippen LogP contribution in [0.2, 0.25) is 0 Å². The lowest BCUT2D eigenvalue weighted by molar-refractivity contribution is 0.360. The van der Waals surface area contributed by atoms with Crippen molar-refractivity contribution in [3.8, 4) is 0 Å². The Hall–Kier alpha value is -1.12. The molecule has 0 unspecified atom stereocenters. The van der Waals surface area contributed by atoms with E-state index in [9.17, 15) is 0 Å². The third kappa shape index (κ3) is 2.00. The van der Waals surface area contributed by atoms with E-state index in [0.29, 0.717) is 0 Å². The van der Waals surface area contributed by atoms with Crippen molar-refractivity contribution in [3.63, 3.8) is 0 Å². The summed E-state index contributed by atoms with van der Waals surface area (Å²) >= 11 is 1.95. The summed E-state index contributed by atoms with van der Waals surface area (Å²) in [5.74, 6) is 0. The molecule has 0 spiro atoms. The number of thiophene rings is 1. The summed E-state index contributed by atoms with van der Waals surface area (Å²) in [7, 11) is 2.20. The number of benzene rings is 1. The fraction of sp³-hybridized carbons (Fsp3) is 0.375. The maximum Gasteiger partial charge on any atom is 0.0351 e. The first-order valence-corrected chi connectivity index (χ1v) is 7.33. The van der Waals surface area contributed by atoms with Crippen molar-refractivity contribution >= 4 is 27.0 Å². The van der Waals surface area contributed by atoms with Crippen molar-refractivity contribution in [1.29, 1.82) is 0 Å². The Bertz CT molecular complexity index is 621. The van der Waals surface area contributed by atoms with Gasteiger partial charge in [-0.15, -0.1) is 11.3 Å². The molecule has 0 atom stereocenters. The van der Waals surface area contributed by atoms with Crippen LogP contribution in [0, 0.1) is 6.92 Å². The van der Waals surface area contributed by atoms with Gasteiger partial charge in [-0.1, -0.05) is 17.7 Å². The normalized spacial score (nSPS) is 17.7. The van der Waals surface area contributed by atoms with Gasteiger partial charge in [0.15, 0.2) is 0 Å². The first-order chi connectivity index (χ1) is 8.65. The molecule has 94 valence electrons. The van der Waals surface area contributed by atoms with Crippen LogP contribution in [0.1, 0.15) is 23.8 Å². The smallest absolute Gasteiger partial charge is 0.0351 e. The summed E-state index contributed by atoms with van der Waals surface area (Å²) in [5, 5.41) is 1.43. The number of hydrogen-bond acceptors (Lipinski definition) is 2. The van der Waals surface area contributed by atoms with Crippen LogP contribution in [0.3, 0.4) is 0 Å². The molecule has 1 aromatic heterocycles. The van der Waals surface area contributed by atoms with E-state index in [1.807, 2.05) is 11.3 Å². The minimum absolute atomic E-state index is 1.11. The van der Waals surface area contributed by atoms with Crippen molar-refractivity contribution in [2.75, 3.05) is 20.1 Å². The molecule has 0 aliphatic carbocycles. The highest BCUT2D eigenvalue weighted by Crippen LogP contribution is 2.36. The zero-order chi connectivity index (χ0) is 12.7. The standard InChI is InChI=1S/C16H19NS/c1-11-5-4-6-15-14(11)9-16(18-15)13-7-8-17(3)10-12(13)2/h4-6,9H,7-8,10H2,1-3H3. The number of aryl methyl sites for hydroxylation is 1. The third-order valence-electron chi connectivity index (χ3n) is 3.84. The number of hydrogen-bond donors (Lipinski definition) is 0. The molecule has 1 nitrogen and oxygen atoms in total. The van der Waals surface area contributed by atoms with E-state index in [2.05, 4.69) is 50.1 Å². The fourth-order valence-corrected chi connectivity index (χ4v) is 4.07. The van der Waals surface area contributed by atoms with Gasteiger partial charge in [-0.05, 0) is 56.0 Å². The van der Waals surface area contributed by atoms with Crippen LogP contribution >= 0.6 is 11.3 Å². The summed E-state index contributed by atoms with van der Waals surface area (Å²) < 4.78 is 1.42. The SMILES string of the molecule is CC1=C(c2cc3c(C)cccc3s2)CCN(C)C1. The highest BCUT2D eigenvalue weighted by atomic mass is 32.1. The largest absolute Gasteiger partial charge is 0.302 e. The molecule has 0 fully saturated rings. The first-order valence-electron chi connectivity index (χ1n) is 6.52. The van der Waals surface area contributed by atoms with Crippen molar-refractivity contribution in [1.82, 2.24) is 4.90 Å². The molecule has 1 aliphatic rings. The molecule has 0 N–H and O–H groups in total. The van der Waals surface area contributed by atoms with E-state index in [1.165, 1.54) is 39.1 Å². The molecule has 0 saturated carbocycles. The van der Waals surface area contributed by atoms with E-state index < -0.39 is 0 Å². The van der Waals surface area contributed by atoms with Gasteiger partial charge in [-0.25, -0.2) is 0 Å². The summed E-state index contributed by atoms with van der Waals surface area (Å²) in [5.41, 5.74) is 4.50. The molecule has 2 heterocycles. The van der Waals surface area contributed by atoms with Crippen molar-refractivity contribution in [3.05, 3.63) is 40.3 Å². The number of likely N-dealkylation sites (N-methyl/N-ethyl adjacent to an activating group) is 1. The maximum absolute atomic E-state index is 2.40. The molecule has 1 aliphatic heterocycles. The van der Waals surface area contributed by atoms with Gasteiger partial charge in [0, 0.05) is 22.7 Å². The van der Waals surface area contributed by atoms with Gasteiger partial charge < -0.3 is 4.90 Å². The summed E-state index contributed by atoms with van der Waals surface area (Å²) in [6, 6.07) is 8.99. The average molecular weight is 257 g/mol. The summed E-state index contributed by atoms with van der Waals surface area (Å²) in [6.45, 7) is 6.78. The van der Waals surface area contributed by atoms with Gasteiger partial charge in [0.25, 0.3) is 0 Å². The fourth-order valence-electron chi connectivity index (χ4n) is 2.78. The van der Waals surface area contributed by atoms with Crippen LogP contribution in [0.4, 0.5) is 0 Å². The molecular weight excluding hydrogens is 238 g/mol. The second kappa shape index (κ2) is 4.52. The van der Waals surface area contributed by atoms with Crippen LogP contribution in [0.25, 0.3) is 15.7 Å². The Labute approximate surface area is 113 Å². The molecule has 0 amide bonds. The Morgan fingerprint density at radius 1 is 1.22 bits per heavy atom. The first kappa shape index (κ1) is 11.9. The Morgan fingerprint density at radius 3 is 2.78 bits per heavy atom. The van der Waals surface area contributed by atoms with Crippen LogP contribution in [0.5, 0.6) is 0 Å². The average Bonchev–Trinajstić information content (AvgIpc) is 2.74. The number of fused-ring (bicyclic) bond motifs is 1. The Balaban J connectivity index is 2.10. The molecule has 0 saturated heterocycles. The summed E-state index contributed by atoms with van der Waals surface area (Å²) in [4.78, 5) is 3.88. The van der Waals surface area contributed by atoms with Gasteiger partial charge in [0.1, 0.15) is 0 Å². The third-order valence-corrected chi connectivity index (χ3v) is 5.00. The van der Waals surface area contributed by atoms with Gasteiger partial charge in [-0.2, -0.15) is 0 Å². The zero-order valence-electron chi connectivity index (χ0n) is 11.3. The minimum atomic E-state index is 1.11. The van der Waals surface area contributed by atoms with E-state index in [0.717, 1.165) is 6.54 Å². The lowest BCUT2D eigenvalue weighted by Crippen LogP contribution is -2.26. The second-order valence-corrected chi connectivity index (χ2v) is 6.43. The van der Waals surface area contributed by atoms with Gasteiger partial charge in [0.2, 0.25) is 0 Å². The highest BCUT2D eigenvalue weighted by molar-refractivity contribution is 7.20. The predicted molar refractivity (Wildman–Crippen MR) is 81.3 cm³/mol. The van der Waals surface area contributed by atoms with Crippen molar-refractivity contribution < 1.29 is 0 Å². The van der Waals surface area contributed by atoms with E-state index in [4.69, 9.17) is 0 Å². The molecule has 2 aromatic rings. The van der Waals surface area contributed by atoms with E-state index >= 15 is 0 Å². The highest BCUT2D eigenvalue weighted by Gasteiger charge is 2.16. The minimum Gasteiger partial charge on any atom is -0.302 e. The van der Waals surface area contributed by atoms with E-state index in [-0.39, 0.29) is 0 Å². The van der Waals surface area contributed by atoms with Gasteiger partial charge in [0.05, 0.1) is 0 Å². The maximum atomic E-state index is 2.40. The predicted octanol–water partition coefficient (Wildman–Crippen LogP) is 4.32. The van der Waals surface area contributed by atoms with Gasteiger partial charge in [-0.3, -0.25) is 0 Å². The summed E-state index contributed by atoms with van der Waals surface area (Å²) in [6.07, 6.45) is 1.19. The molecule has 3 rings (SSSR count). The molecule has 0 radical (unpaired) electrons. The van der Waals surface area contributed by atoms with Crippen LogP contribution in [-0.2, 0) is 0 Å². The zero-order valence-corrected chi connectivity index (χ0v) is 12.1. The van der Waals surface area contributed by atoms with Crippen LogP contribution in [0.15, 0.2) is 29.8 Å². The van der Waals surface area contributed by atoms with Crippen molar-refractivity contribution in [2.24, 2.45) is 0 Å². The molecular formula is C16H19NS. The van der Waals surface area contributed by atoms with Crippen LogP contribution in [-0.4, -0.2) is 25.0 Å². The lowest BCUT2D eigenvalue weighted by Gasteiger charge is -2.25. The van der Waals surface area contributed by atoms with Crippen molar-refractivity contribution in [2.45, 2.75) is 20.3 Å². The molecule has 0 bridgehead atoms. The molecule has 2 heteroatoms. The topological polar surface area (TPSA) is 3.24 Å². The number of nitrogens with zero attached hydrogens (tertiary/aromatic N) is 1. The number of rotatable bonds is 1.